The molecule has 0 aliphatic carbocycles. The zero-order valence-corrected chi connectivity index (χ0v) is 15.7. The molecule has 7 nitrogen and oxygen atoms in total. The van der Waals surface area contributed by atoms with Crippen LogP contribution in [0.2, 0.25) is 0 Å². The van der Waals surface area contributed by atoms with Gasteiger partial charge in [0.15, 0.2) is 0 Å². The highest BCUT2D eigenvalue weighted by molar-refractivity contribution is 5.98. The third-order valence-corrected chi connectivity index (χ3v) is 4.87. The van der Waals surface area contributed by atoms with Gasteiger partial charge in [-0.2, -0.15) is 15.0 Å². The van der Waals surface area contributed by atoms with Crippen molar-refractivity contribution in [1.29, 1.82) is 0 Å². The third kappa shape index (κ3) is 4.31. The molecule has 1 N–H and O–H groups in total. The van der Waals surface area contributed by atoms with Crippen molar-refractivity contribution in [1.82, 2.24) is 25.2 Å². The van der Waals surface area contributed by atoms with Gasteiger partial charge in [0, 0.05) is 19.5 Å². The van der Waals surface area contributed by atoms with Crippen molar-refractivity contribution >= 4 is 11.9 Å². The summed E-state index contributed by atoms with van der Waals surface area (Å²) in [6.45, 7) is 0.494. The summed E-state index contributed by atoms with van der Waals surface area (Å²) in [5.41, 5.74) is 2.38. The molecule has 148 valence electrons. The molecule has 0 radical (unpaired) electrons. The highest BCUT2D eigenvalue weighted by Crippen LogP contribution is 2.16. The first-order valence-corrected chi connectivity index (χ1v) is 9.40. The molecule has 3 aromatic rings. The number of benzene rings is 2. The minimum Gasteiger partial charge on any atom is -0.337 e. The summed E-state index contributed by atoms with van der Waals surface area (Å²) in [5, 5.41) is 11.4. The largest absolute Gasteiger partial charge is 0.337 e. The third-order valence-electron chi connectivity index (χ3n) is 4.87. The minimum atomic E-state index is -0.402. The van der Waals surface area contributed by atoms with Crippen LogP contribution in [0, 0.1) is 11.7 Å². The number of halogens is 1. The summed E-state index contributed by atoms with van der Waals surface area (Å²) in [7, 11) is 0. The topological polar surface area (TPSA) is 80.1 Å². The van der Waals surface area contributed by atoms with Gasteiger partial charge in [0.2, 0.25) is 5.91 Å². The first-order chi connectivity index (χ1) is 14.1. The molecule has 4 rings (SSSR count). The summed E-state index contributed by atoms with van der Waals surface area (Å²) in [6.07, 6.45) is 2.49. The molecular weight excluding hydrogens is 373 g/mol. The lowest BCUT2D eigenvalue weighted by atomic mass is 9.96. The molecule has 2 aromatic carbocycles. The number of nitrogens with zero attached hydrogens (tertiary/aromatic N) is 4. The Labute approximate surface area is 167 Å². The Morgan fingerprint density at radius 2 is 1.83 bits per heavy atom. The fourth-order valence-electron chi connectivity index (χ4n) is 3.31. The summed E-state index contributed by atoms with van der Waals surface area (Å²) < 4.78 is 13.1. The van der Waals surface area contributed by atoms with Gasteiger partial charge in [-0.05, 0) is 36.2 Å². The number of para-hydroxylation sites is 1. The normalized spacial score (nSPS) is 16.7. The molecule has 0 spiro atoms. The molecule has 2 heterocycles. The second kappa shape index (κ2) is 8.22. The maximum Gasteiger partial charge on any atom is 0.324 e. The molecule has 1 atom stereocenters. The van der Waals surface area contributed by atoms with E-state index in [1.807, 2.05) is 30.3 Å². The van der Waals surface area contributed by atoms with Gasteiger partial charge in [0.1, 0.15) is 5.82 Å². The SMILES string of the molecule is O=C1NCC(Cc2ccc(F)cc2)C(=O)N1CCc1cnn(-c2ccccc2)n1. The van der Waals surface area contributed by atoms with Crippen LogP contribution in [0.3, 0.4) is 0 Å². The fourth-order valence-corrected chi connectivity index (χ4v) is 3.31. The van der Waals surface area contributed by atoms with E-state index in [4.69, 9.17) is 0 Å². The quantitative estimate of drug-likeness (QED) is 0.697. The van der Waals surface area contributed by atoms with Gasteiger partial charge in [-0.3, -0.25) is 9.69 Å². The van der Waals surface area contributed by atoms with Gasteiger partial charge in [-0.15, -0.1) is 0 Å². The molecular formula is C21H20FN5O2. The monoisotopic (exact) mass is 393 g/mol. The zero-order chi connectivity index (χ0) is 20.2. The van der Waals surface area contributed by atoms with Crippen LogP contribution < -0.4 is 5.32 Å². The van der Waals surface area contributed by atoms with Crippen LogP contribution in [-0.2, 0) is 17.6 Å². The van der Waals surface area contributed by atoms with Crippen molar-refractivity contribution in [3.05, 3.63) is 77.9 Å². The second-order valence-electron chi connectivity index (χ2n) is 6.91. The lowest BCUT2D eigenvalue weighted by Gasteiger charge is -2.31. The van der Waals surface area contributed by atoms with Crippen LogP contribution in [0.25, 0.3) is 5.69 Å². The van der Waals surface area contributed by atoms with Crippen molar-refractivity contribution < 1.29 is 14.0 Å². The lowest BCUT2D eigenvalue weighted by Crippen LogP contribution is -2.55. The standard InChI is InChI=1S/C21H20FN5O2/c22-17-8-6-15(7-9-17)12-16-13-23-21(29)26(20(16)28)11-10-18-14-24-27(25-18)19-4-2-1-3-5-19/h1-9,14,16H,10-13H2,(H,23,29). The maximum atomic E-state index is 13.1. The fraction of sp³-hybridized carbons (Fsp3) is 0.238. The molecule has 1 unspecified atom stereocenters. The van der Waals surface area contributed by atoms with Crippen molar-refractivity contribution in [2.24, 2.45) is 5.92 Å². The van der Waals surface area contributed by atoms with Gasteiger partial charge < -0.3 is 5.32 Å². The molecule has 8 heteroatoms. The van der Waals surface area contributed by atoms with Crippen LogP contribution in [0.5, 0.6) is 0 Å². The summed E-state index contributed by atoms with van der Waals surface area (Å²) in [4.78, 5) is 27.7. The highest BCUT2D eigenvalue weighted by atomic mass is 19.1. The Bertz CT molecular complexity index is 1000. The number of rotatable bonds is 6. The molecule has 1 aromatic heterocycles. The smallest absolute Gasteiger partial charge is 0.324 e. The first-order valence-electron chi connectivity index (χ1n) is 9.40. The number of imide groups is 1. The number of carbonyl (C=O) groups excluding carboxylic acids is 2. The van der Waals surface area contributed by atoms with Crippen LogP contribution in [0.4, 0.5) is 9.18 Å². The van der Waals surface area contributed by atoms with E-state index in [0.29, 0.717) is 18.5 Å². The second-order valence-corrected chi connectivity index (χ2v) is 6.91. The van der Waals surface area contributed by atoms with Crippen molar-refractivity contribution in [3.8, 4) is 5.69 Å². The van der Waals surface area contributed by atoms with E-state index in [1.165, 1.54) is 21.8 Å². The Hall–Kier alpha value is -3.55. The van der Waals surface area contributed by atoms with E-state index in [-0.39, 0.29) is 30.7 Å². The molecule has 1 saturated heterocycles. The van der Waals surface area contributed by atoms with E-state index in [2.05, 4.69) is 15.5 Å². The van der Waals surface area contributed by atoms with E-state index in [9.17, 15) is 14.0 Å². The number of carbonyl (C=O) groups is 2. The van der Waals surface area contributed by atoms with E-state index in [0.717, 1.165) is 11.3 Å². The molecule has 29 heavy (non-hydrogen) atoms. The van der Waals surface area contributed by atoms with Crippen LogP contribution in [0.1, 0.15) is 11.3 Å². The van der Waals surface area contributed by atoms with Gasteiger partial charge in [-0.1, -0.05) is 30.3 Å². The van der Waals surface area contributed by atoms with E-state index >= 15 is 0 Å². The predicted molar refractivity (Wildman–Crippen MR) is 104 cm³/mol. The van der Waals surface area contributed by atoms with Gasteiger partial charge >= 0.3 is 6.03 Å². The average Bonchev–Trinajstić information content (AvgIpc) is 3.21. The molecule has 0 saturated carbocycles. The van der Waals surface area contributed by atoms with Crippen LogP contribution in [0.15, 0.2) is 60.8 Å². The highest BCUT2D eigenvalue weighted by Gasteiger charge is 2.33. The van der Waals surface area contributed by atoms with Crippen LogP contribution >= 0.6 is 0 Å². The molecule has 1 fully saturated rings. The predicted octanol–water partition coefficient (Wildman–Crippen LogP) is 2.36. The van der Waals surface area contributed by atoms with E-state index < -0.39 is 6.03 Å². The number of nitrogens with one attached hydrogen (secondary N) is 1. The molecule has 0 bridgehead atoms. The van der Waals surface area contributed by atoms with Crippen LogP contribution in [-0.4, -0.2) is 44.9 Å². The van der Waals surface area contributed by atoms with Gasteiger partial charge in [0.25, 0.3) is 0 Å². The Morgan fingerprint density at radius 1 is 1.07 bits per heavy atom. The van der Waals surface area contributed by atoms with Crippen molar-refractivity contribution in [2.45, 2.75) is 12.8 Å². The van der Waals surface area contributed by atoms with Gasteiger partial charge in [-0.25, -0.2) is 9.18 Å². The zero-order valence-electron chi connectivity index (χ0n) is 15.7. The number of hydrogen-bond donors (Lipinski definition) is 1. The molecule has 1 aliphatic heterocycles. The summed E-state index contributed by atoms with van der Waals surface area (Å²) in [6, 6.07) is 15.2. The Morgan fingerprint density at radius 3 is 2.59 bits per heavy atom. The maximum absolute atomic E-state index is 13.1. The Kier molecular flexibility index (Phi) is 5.33. The minimum absolute atomic E-state index is 0.220. The van der Waals surface area contributed by atoms with Crippen molar-refractivity contribution in [3.63, 3.8) is 0 Å². The molecule has 1 aliphatic rings. The average molecular weight is 393 g/mol. The molecule has 3 amide bonds. The lowest BCUT2D eigenvalue weighted by molar-refractivity contribution is -0.133. The van der Waals surface area contributed by atoms with E-state index in [1.54, 1.807) is 18.3 Å². The summed E-state index contributed by atoms with van der Waals surface area (Å²) >= 11 is 0. The number of urea groups is 1. The first kappa shape index (κ1) is 18.8. The van der Waals surface area contributed by atoms with Crippen molar-refractivity contribution in [2.75, 3.05) is 13.1 Å². The Balaban J connectivity index is 1.39. The number of amides is 3. The number of hydrogen-bond acceptors (Lipinski definition) is 4. The number of aromatic nitrogens is 3. The van der Waals surface area contributed by atoms with Gasteiger partial charge in [0.05, 0.1) is 23.5 Å². The summed E-state index contributed by atoms with van der Waals surface area (Å²) in [5.74, 6) is -0.922.